The monoisotopic (exact) mass is 912 g/mol. The van der Waals surface area contributed by atoms with Crippen molar-refractivity contribution in [1.29, 1.82) is 0 Å². The number of alkyl carbamates (subject to hydrolysis) is 2. The van der Waals surface area contributed by atoms with Gasteiger partial charge in [0.1, 0.15) is 29.8 Å². The Bertz CT molecular complexity index is 2480. The number of carbonyl (C=O) groups excluding carboxylic acids is 4. The molecule has 1 aliphatic heterocycles. The molecule has 352 valence electrons. The van der Waals surface area contributed by atoms with E-state index in [1.54, 1.807) is 30.9 Å². The van der Waals surface area contributed by atoms with Gasteiger partial charge in [-0.15, -0.1) is 6.58 Å². The number of aryl methyl sites for hydroxylation is 2. The number of imidazole rings is 2. The number of hydrogen-bond donors (Lipinski definition) is 4. The van der Waals surface area contributed by atoms with E-state index in [9.17, 15) is 32.3 Å². The van der Waals surface area contributed by atoms with Crippen LogP contribution in [0.5, 0.6) is 0 Å². The number of hydrogen-bond acceptors (Lipinski definition) is 8. The Morgan fingerprint density at radius 3 is 2.12 bits per heavy atom. The molecule has 66 heavy (non-hydrogen) atoms. The molecule has 2 aromatic carbocycles. The molecule has 6 atom stereocenters. The normalized spacial score (nSPS) is 20.2. The number of nitrogens with zero attached hydrogens (tertiary/aromatic N) is 4. The highest BCUT2D eigenvalue weighted by Crippen LogP contribution is 2.51. The highest BCUT2D eigenvalue weighted by atomic mass is 19.4. The number of fused-ring (bicyclic) bond motifs is 4. The van der Waals surface area contributed by atoms with Gasteiger partial charge in [0, 0.05) is 28.9 Å². The first kappa shape index (κ1) is 46.4. The second-order valence-corrected chi connectivity index (χ2v) is 18.8. The Balaban J connectivity index is 1.05. The van der Waals surface area contributed by atoms with E-state index in [0.717, 1.165) is 78.0 Å². The molecular weight excluding hydrogens is 854 g/mol. The molecule has 8 rings (SSSR count). The summed E-state index contributed by atoms with van der Waals surface area (Å²) >= 11 is 0. The zero-order valence-corrected chi connectivity index (χ0v) is 38.3. The zero-order valence-electron chi connectivity index (χ0n) is 38.3. The molecule has 2 saturated carbocycles. The van der Waals surface area contributed by atoms with Gasteiger partial charge in [-0.05, 0) is 85.8 Å². The number of alkyl halides is 3. The van der Waals surface area contributed by atoms with Crippen molar-refractivity contribution in [2.75, 3.05) is 14.2 Å². The Morgan fingerprint density at radius 2 is 1.52 bits per heavy atom. The van der Waals surface area contributed by atoms with Gasteiger partial charge in [0.25, 0.3) is 0 Å². The standard InChI is InChI=1S/C49H59F3N8O6/c1-8-36(59(32-10-9-11-32)45(61)39(25(2)3)57-47(63)65-6)43-54-35(24-49(50,51)52)41(55-43)28-14-12-27(13-15-28)29-16-19-33-30(22-29)17-20-34-42(33)56-44(53-34)37-21-18-31-23-38(31)60(37)46(62)40(26(4)5)58-48(64)66-7/h8,12-16,19,22,25-26,31-32,36-40H,1,9-11,17-18,20-21,23-24H2,2-7H3,(H,53,56)(H,54,55)(H,57,63)(H,58,64)/t31-,36-,37-,38?,39-,40?/m0/s1. The summed E-state index contributed by atoms with van der Waals surface area (Å²) in [4.78, 5) is 72.7. The third-order valence-electron chi connectivity index (χ3n) is 13.7. The van der Waals surface area contributed by atoms with Crippen LogP contribution in [0.4, 0.5) is 22.8 Å². The second-order valence-electron chi connectivity index (χ2n) is 18.8. The van der Waals surface area contributed by atoms with Gasteiger partial charge in [-0.1, -0.05) is 76.2 Å². The van der Waals surface area contributed by atoms with Crippen LogP contribution in [0.25, 0.3) is 33.6 Å². The number of methoxy groups -OCH3 is 2. The fourth-order valence-electron chi connectivity index (χ4n) is 9.92. The highest BCUT2D eigenvalue weighted by molar-refractivity contribution is 5.88. The number of nitrogens with one attached hydrogen (secondary N) is 4. The summed E-state index contributed by atoms with van der Waals surface area (Å²) in [5.41, 5.74) is 6.22. The molecular formula is C49H59F3N8O6. The maximum absolute atomic E-state index is 14.2. The highest BCUT2D eigenvalue weighted by Gasteiger charge is 2.53. The summed E-state index contributed by atoms with van der Waals surface area (Å²) in [5, 5.41) is 5.38. The lowest BCUT2D eigenvalue weighted by molar-refractivity contribution is -0.141. The number of likely N-dealkylation sites (tertiary alicyclic amines) is 1. The van der Waals surface area contributed by atoms with Crippen molar-refractivity contribution in [2.24, 2.45) is 17.8 Å². The largest absolute Gasteiger partial charge is 0.453 e. The number of aromatic amines is 2. The third-order valence-corrected chi connectivity index (χ3v) is 13.7. The lowest BCUT2D eigenvalue weighted by Gasteiger charge is -2.43. The fraction of sp³-hybridized carbons (Fsp3) is 0.510. The maximum atomic E-state index is 14.2. The average molecular weight is 913 g/mol. The van der Waals surface area contributed by atoms with Gasteiger partial charge < -0.3 is 39.9 Å². The van der Waals surface area contributed by atoms with E-state index >= 15 is 0 Å². The molecule has 4 N–H and O–H groups in total. The summed E-state index contributed by atoms with van der Waals surface area (Å²) in [6.45, 7) is 11.4. The van der Waals surface area contributed by atoms with Crippen molar-refractivity contribution in [3.8, 4) is 33.6 Å². The van der Waals surface area contributed by atoms with Crippen LogP contribution in [0.1, 0.15) is 107 Å². The molecule has 4 amide bonds. The third kappa shape index (κ3) is 9.30. The van der Waals surface area contributed by atoms with Crippen LogP contribution >= 0.6 is 0 Å². The molecule has 17 heteroatoms. The van der Waals surface area contributed by atoms with Crippen LogP contribution in [0.2, 0.25) is 0 Å². The average Bonchev–Trinajstić information content (AvgIpc) is 3.76. The number of amides is 4. The Labute approximate surface area is 382 Å². The van der Waals surface area contributed by atoms with E-state index in [4.69, 9.17) is 19.4 Å². The molecule has 2 unspecified atom stereocenters. The van der Waals surface area contributed by atoms with Crippen LogP contribution in [-0.2, 0) is 38.3 Å². The predicted octanol–water partition coefficient (Wildman–Crippen LogP) is 8.76. The Kier molecular flexibility index (Phi) is 13.1. The van der Waals surface area contributed by atoms with Crippen LogP contribution in [0, 0.1) is 17.8 Å². The molecule has 0 spiro atoms. The summed E-state index contributed by atoms with van der Waals surface area (Å²) in [5.74, 6) is 0.355. The first-order valence-electron chi connectivity index (χ1n) is 22.9. The second kappa shape index (κ2) is 18.6. The van der Waals surface area contributed by atoms with E-state index in [-0.39, 0.29) is 53.1 Å². The van der Waals surface area contributed by atoms with E-state index in [2.05, 4.69) is 33.2 Å². The summed E-state index contributed by atoms with van der Waals surface area (Å²) in [7, 11) is 2.50. The number of piperidine rings is 1. The van der Waals surface area contributed by atoms with Gasteiger partial charge in [0.05, 0.1) is 43.8 Å². The van der Waals surface area contributed by atoms with Crippen molar-refractivity contribution in [3.05, 3.63) is 83.7 Å². The number of benzene rings is 2. The first-order valence-corrected chi connectivity index (χ1v) is 22.9. The molecule has 4 aromatic rings. The minimum absolute atomic E-state index is 0.106. The molecule has 3 fully saturated rings. The number of carbonyl (C=O) groups is 4. The number of H-pyrrole nitrogens is 2. The maximum Gasteiger partial charge on any atom is 0.407 e. The summed E-state index contributed by atoms with van der Waals surface area (Å²) in [6.07, 6.45) is 0.717. The molecule has 0 radical (unpaired) electrons. The van der Waals surface area contributed by atoms with Crippen molar-refractivity contribution in [3.63, 3.8) is 0 Å². The fourth-order valence-corrected chi connectivity index (χ4v) is 9.92. The van der Waals surface area contributed by atoms with Crippen molar-refractivity contribution in [2.45, 2.75) is 128 Å². The molecule has 3 heterocycles. The molecule has 2 aromatic heterocycles. The Hall–Kier alpha value is -6.13. The first-order chi connectivity index (χ1) is 31.5. The zero-order chi connectivity index (χ0) is 47.2. The minimum atomic E-state index is -4.55. The number of aromatic nitrogens is 4. The van der Waals surface area contributed by atoms with Gasteiger partial charge in [-0.25, -0.2) is 19.6 Å². The quantitative estimate of drug-likeness (QED) is 0.0909. The molecule has 1 saturated heterocycles. The number of rotatable bonds is 14. The van der Waals surface area contributed by atoms with E-state index < -0.39 is 48.8 Å². The van der Waals surface area contributed by atoms with Crippen LogP contribution in [-0.4, -0.2) is 98.3 Å². The topological polar surface area (TPSA) is 175 Å². The molecule has 0 bridgehead atoms. The summed E-state index contributed by atoms with van der Waals surface area (Å²) < 4.78 is 52.0. The lowest BCUT2D eigenvalue weighted by atomic mass is 9.88. The predicted molar refractivity (Wildman–Crippen MR) is 241 cm³/mol. The van der Waals surface area contributed by atoms with Crippen molar-refractivity contribution >= 4 is 24.0 Å². The SMILES string of the molecule is C=C[C@@H](c1nc(-c2ccc(-c3ccc4c(c3)CCc3[nH]c([C@@H]5CC[C@H]6CC6N5C(=O)C(NC(=O)OC)C(C)C)nc3-4)cc2)c(CC(F)(F)F)[nH]1)N(C(=O)[C@@H](NC(=O)OC)C(C)C)C1CCC1. The molecule has 14 nitrogen and oxygen atoms in total. The molecule has 3 aliphatic carbocycles. The number of ether oxygens (including phenoxy) is 2. The van der Waals surface area contributed by atoms with Gasteiger partial charge in [-0.2, -0.15) is 13.2 Å². The van der Waals surface area contributed by atoms with Crippen LogP contribution in [0.3, 0.4) is 0 Å². The van der Waals surface area contributed by atoms with E-state index in [1.165, 1.54) is 20.3 Å². The lowest BCUT2D eigenvalue weighted by Crippen LogP contribution is -2.56. The smallest absolute Gasteiger partial charge is 0.407 e. The van der Waals surface area contributed by atoms with Gasteiger partial charge in [0.2, 0.25) is 11.8 Å². The van der Waals surface area contributed by atoms with E-state index in [0.29, 0.717) is 24.3 Å². The van der Waals surface area contributed by atoms with Gasteiger partial charge in [-0.3, -0.25) is 9.59 Å². The van der Waals surface area contributed by atoms with E-state index in [1.807, 2.05) is 43.0 Å². The molecule has 4 aliphatic rings. The minimum Gasteiger partial charge on any atom is -0.453 e. The van der Waals surface area contributed by atoms with Crippen molar-refractivity contribution in [1.82, 2.24) is 40.4 Å². The van der Waals surface area contributed by atoms with Crippen molar-refractivity contribution < 1.29 is 41.8 Å². The summed E-state index contributed by atoms with van der Waals surface area (Å²) in [6, 6.07) is 10.5. The van der Waals surface area contributed by atoms with Crippen LogP contribution < -0.4 is 10.6 Å². The number of halogens is 3. The van der Waals surface area contributed by atoms with Gasteiger partial charge in [0.15, 0.2) is 0 Å². The van der Waals surface area contributed by atoms with Gasteiger partial charge >= 0.3 is 18.4 Å². The van der Waals surface area contributed by atoms with Crippen LogP contribution in [0.15, 0.2) is 55.1 Å². The Morgan fingerprint density at radius 1 is 0.864 bits per heavy atom.